The first kappa shape index (κ1) is 14.0. The molecule has 0 fully saturated rings. The molecular formula is C12H15N3O2S2. The molecule has 0 atom stereocenters. The molecule has 2 aromatic heterocycles. The molecule has 5 nitrogen and oxygen atoms in total. The third-order valence-electron chi connectivity index (χ3n) is 2.99. The number of rotatable bonds is 3. The molecule has 0 aliphatic carbocycles. The fourth-order valence-electron chi connectivity index (χ4n) is 1.90. The number of fused-ring (bicyclic) bond motifs is 1. The highest BCUT2D eigenvalue weighted by Crippen LogP contribution is 2.25. The summed E-state index contributed by atoms with van der Waals surface area (Å²) in [5.74, 6) is -0.215. The third kappa shape index (κ3) is 2.48. The van der Waals surface area contributed by atoms with Crippen LogP contribution in [-0.4, -0.2) is 22.0 Å². The second kappa shape index (κ2) is 5.26. The first-order chi connectivity index (χ1) is 8.95. The minimum Gasteiger partial charge on any atom is -0.355 e. The quantitative estimate of drug-likeness (QED) is 0.850. The molecule has 2 rings (SSSR count). The Labute approximate surface area is 119 Å². The van der Waals surface area contributed by atoms with Crippen LogP contribution in [0, 0.1) is 18.6 Å². The van der Waals surface area contributed by atoms with Crippen LogP contribution >= 0.6 is 23.6 Å². The molecule has 2 aromatic rings. The van der Waals surface area contributed by atoms with Crippen molar-refractivity contribution in [2.75, 3.05) is 6.54 Å². The molecule has 0 saturated heterocycles. The Morgan fingerprint density at radius 1 is 1.47 bits per heavy atom. The summed E-state index contributed by atoms with van der Waals surface area (Å²) < 4.78 is 1.59. The predicted octanol–water partition coefficient (Wildman–Crippen LogP) is 1.87. The number of thiophene rings is 1. The summed E-state index contributed by atoms with van der Waals surface area (Å²) in [6.07, 6.45) is 0. The fourth-order valence-corrected chi connectivity index (χ4v) is 3.27. The lowest BCUT2D eigenvalue weighted by atomic mass is 10.2. The van der Waals surface area contributed by atoms with Crippen LogP contribution in [-0.2, 0) is 11.3 Å². The van der Waals surface area contributed by atoms with Gasteiger partial charge in [-0.05, 0) is 38.6 Å². The molecule has 2 heterocycles. The van der Waals surface area contributed by atoms with Gasteiger partial charge >= 0.3 is 0 Å². The van der Waals surface area contributed by atoms with E-state index in [1.54, 1.807) is 0 Å². The topological polar surface area (TPSA) is 66.9 Å². The standard InChI is InChI=1S/C12H15N3O2S2/c1-4-13-8(16)5-15-11(17)9-6(2)7(3)19-10(9)14-12(15)18/h4-5H2,1-3H3,(H,13,16)(H,14,18). The zero-order valence-corrected chi connectivity index (χ0v) is 12.6. The van der Waals surface area contributed by atoms with Gasteiger partial charge in [-0.3, -0.25) is 14.2 Å². The fraction of sp³-hybridized carbons (Fsp3) is 0.417. The van der Waals surface area contributed by atoms with Crippen LogP contribution in [0.2, 0.25) is 0 Å². The minimum atomic E-state index is -0.215. The van der Waals surface area contributed by atoms with Crippen LogP contribution in [0.3, 0.4) is 0 Å². The summed E-state index contributed by atoms with van der Waals surface area (Å²) in [5, 5.41) is 3.29. The molecule has 19 heavy (non-hydrogen) atoms. The number of aryl methyl sites for hydroxylation is 2. The number of likely N-dealkylation sites (N-methyl/N-ethyl adjacent to an activating group) is 1. The molecule has 0 aliphatic heterocycles. The van der Waals surface area contributed by atoms with Crippen molar-refractivity contribution in [1.82, 2.24) is 14.9 Å². The van der Waals surface area contributed by atoms with Crippen molar-refractivity contribution in [3.63, 3.8) is 0 Å². The monoisotopic (exact) mass is 297 g/mol. The average Bonchev–Trinajstić information content (AvgIpc) is 2.61. The second-order valence-corrected chi connectivity index (χ2v) is 5.87. The highest BCUT2D eigenvalue weighted by atomic mass is 32.1. The number of H-pyrrole nitrogens is 1. The normalized spacial score (nSPS) is 10.9. The third-order valence-corrected chi connectivity index (χ3v) is 4.43. The number of aromatic nitrogens is 2. The molecule has 2 N–H and O–H groups in total. The number of amides is 1. The molecular weight excluding hydrogens is 282 g/mol. The molecule has 0 unspecified atom stereocenters. The van der Waals surface area contributed by atoms with Crippen molar-refractivity contribution in [2.45, 2.75) is 27.3 Å². The van der Waals surface area contributed by atoms with Crippen LogP contribution in [0.25, 0.3) is 10.2 Å². The van der Waals surface area contributed by atoms with Crippen LogP contribution in [0.1, 0.15) is 17.4 Å². The first-order valence-corrected chi connectivity index (χ1v) is 7.17. The van der Waals surface area contributed by atoms with Crippen LogP contribution < -0.4 is 10.9 Å². The number of aromatic amines is 1. The number of hydrogen-bond donors (Lipinski definition) is 2. The van der Waals surface area contributed by atoms with Gasteiger partial charge in [-0.2, -0.15) is 0 Å². The van der Waals surface area contributed by atoms with Crippen molar-refractivity contribution in [3.05, 3.63) is 25.6 Å². The Morgan fingerprint density at radius 3 is 2.79 bits per heavy atom. The van der Waals surface area contributed by atoms with Crippen LogP contribution in [0.15, 0.2) is 4.79 Å². The van der Waals surface area contributed by atoms with Crippen molar-refractivity contribution in [1.29, 1.82) is 0 Å². The van der Waals surface area contributed by atoms with Crippen LogP contribution in [0.4, 0.5) is 0 Å². The number of carbonyl (C=O) groups is 1. The molecule has 0 aliphatic rings. The highest BCUT2D eigenvalue weighted by Gasteiger charge is 2.14. The van der Waals surface area contributed by atoms with Crippen molar-refractivity contribution in [2.24, 2.45) is 0 Å². The van der Waals surface area contributed by atoms with Gasteiger partial charge in [0.25, 0.3) is 5.56 Å². The van der Waals surface area contributed by atoms with E-state index in [1.165, 1.54) is 15.9 Å². The Morgan fingerprint density at radius 2 is 2.16 bits per heavy atom. The molecule has 7 heteroatoms. The Kier molecular flexibility index (Phi) is 3.86. The van der Waals surface area contributed by atoms with E-state index in [0.29, 0.717) is 11.9 Å². The molecule has 0 saturated carbocycles. The van der Waals surface area contributed by atoms with Gasteiger partial charge in [-0.25, -0.2) is 0 Å². The summed E-state index contributed by atoms with van der Waals surface area (Å²) in [4.78, 5) is 28.9. The Hall–Kier alpha value is -1.47. The van der Waals surface area contributed by atoms with Crippen LogP contribution in [0.5, 0.6) is 0 Å². The van der Waals surface area contributed by atoms with E-state index < -0.39 is 0 Å². The predicted molar refractivity (Wildman–Crippen MR) is 79.4 cm³/mol. The summed E-state index contributed by atoms with van der Waals surface area (Å²) in [5.41, 5.74) is 0.743. The molecule has 102 valence electrons. The smallest absolute Gasteiger partial charge is 0.263 e. The van der Waals surface area contributed by atoms with E-state index in [1.807, 2.05) is 20.8 Å². The van der Waals surface area contributed by atoms with Crippen molar-refractivity contribution < 1.29 is 4.79 Å². The zero-order chi connectivity index (χ0) is 14.2. The van der Waals surface area contributed by atoms with Crippen molar-refractivity contribution in [3.8, 4) is 0 Å². The maximum atomic E-state index is 12.4. The maximum Gasteiger partial charge on any atom is 0.263 e. The SMILES string of the molecule is CCNC(=O)Cn1c(=S)[nH]c2sc(C)c(C)c2c1=O. The van der Waals surface area contributed by atoms with E-state index in [2.05, 4.69) is 10.3 Å². The van der Waals surface area contributed by atoms with Gasteiger partial charge in [0.1, 0.15) is 11.4 Å². The highest BCUT2D eigenvalue weighted by molar-refractivity contribution is 7.71. The first-order valence-electron chi connectivity index (χ1n) is 5.95. The number of hydrogen-bond acceptors (Lipinski definition) is 4. The average molecular weight is 297 g/mol. The van der Waals surface area contributed by atoms with Gasteiger partial charge in [0.2, 0.25) is 5.91 Å². The van der Waals surface area contributed by atoms with Gasteiger partial charge in [0.05, 0.1) is 5.39 Å². The minimum absolute atomic E-state index is 0.0493. The van der Waals surface area contributed by atoms with Gasteiger partial charge in [0.15, 0.2) is 4.77 Å². The lowest BCUT2D eigenvalue weighted by Crippen LogP contribution is -2.33. The summed E-state index contributed by atoms with van der Waals surface area (Å²) in [6, 6.07) is 0. The largest absolute Gasteiger partial charge is 0.355 e. The molecule has 0 radical (unpaired) electrons. The van der Waals surface area contributed by atoms with Crippen molar-refractivity contribution >= 4 is 39.7 Å². The Balaban J connectivity index is 2.62. The summed E-state index contributed by atoms with van der Waals surface area (Å²) in [6.45, 7) is 6.18. The number of nitrogens with zero attached hydrogens (tertiary/aromatic N) is 1. The number of carbonyl (C=O) groups excluding carboxylic acids is 1. The van der Waals surface area contributed by atoms with Gasteiger partial charge in [0, 0.05) is 11.4 Å². The zero-order valence-electron chi connectivity index (χ0n) is 11.0. The molecule has 0 bridgehead atoms. The van der Waals surface area contributed by atoms with E-state index in [0.717, 1.165) is 15.3 Å². The molecule has 0 spiro atoms. The van der Waals surface area contributed by atoms with Gasteiger partial charge < -0.3 is 10.3 Å². The van der Waals surface area contributed by atoms with Gasteiger partial charge in [-0.15, -0.1) is 11.3 Å². The summed E-state index contributed by atoms with van der Waals surface area (Å²) in [7, 11) is 0. The van der Waals surface area contributed by atoms with E-state index in [9.17, 15) is 9.59 Å². The lowest BCUT2D eigenvalue weighted by molar-refractivity contribution is -0.121. The molecule has 1 amide bonds. The van der Waals surface area contributed by atoms with E-state index in [4.69, 9.17) is 12.2 Å². The lowest BCUT2D eigenvalue weighted by Gasteiger charge is -2.06. The van der Waals surface area contributed by atoms with E-state index in [-0.39, 0.29) is 22.8 Å². The van der Waals surface area contributed by atoms with Gasteiger partial charge in [-0.1, -0.05) is 0 Å². The maximum absolute atomic E-state index is 12.4. The second-order valence-electron chi connectivity index (χ2n) is 4.26. The van der Waals surface area contributed by atoms with E-state index >= 15 is 0 Å². The molecule has 0 aromatic carbocycles. The summed E-state index contributed by atoms with van der Waals surface area (Å²) >= 11 is 6.66. The number of nitrogens with one attached hydrogen (secondary N) is 2. The Bertz CT molecular complexity index is 755.